The first-order valence-corrected chi connectivity index (χ1v) is 5.97. The molecule has 2 N–H and O–H groups in total. The third-order valence-electron chi connectivity index (χ3n) is 2.57. The molecule has 1 rings (SSSR count). The van der Waals surface area contributed by atoms with E-state index in [0.29, 0.717) is 5.69 Å². The lowest BCUT2D eigenvalue weighted by Gasteiger charge is -2.24. The third-order valence-corrected chi connectivity index (χ3v) is 2.86. The monoisotopic (exact) mass is 244 g/mol. The third kappa shape index (κ3) is 3.01. The van der Waals surface area contributed by atoms with Crippen LogP contribution in [0.3, 0.4) is 0 Å². The van der Waals surface area contributed by atoms with Gasteiger partial charge >= 0.3 is 0 Å². The predicted molar refractivity (Wildman–Crippen MR) is 68.6 cm³/mol. The Hall–Kier alpha value is -0.960. The Morgan fingerprint density at radius 1 is 1.38 bits per heavy atom. The molecule has 0 unspecified atom stereocenters. The second kappa shape index (κ2) is 5.94. The molecule has 0 fully saturated rings. The minimum Gasteiger partial charge on any atom is -0.397 e. The summed E-state index contributed by atoms with van der Waals surface area (Å²) in [6, 6.07) is 2.89. The van der Waals surface area contributed by atoms with Crippen molar-refractivity contribution in [2.24, 2.45) is 0 Å². The maximum absolute atomic E-state index is 13.1. The largest absolute Gasteiger partial charge is 0.397 e. The summed E-state index contributed by atoms with van der Waals surface area (Å²) in [5, 5.41) is 0.124. The van der Waals surface area contributed by atoms with Crippen molar-refractivity contribution in [1.29, 1.82) is 0 Å². The highest BCUT2D eigenvalue weighted by Crippen LogP contribution is 2.29. The molecule has 0 spiro atoms. The molecule has 0 heterocycles. The van der Waals surface area contributed by atoms with Crippen molar-refractivity contribution < 1.29 is 4.39 Å². The fourth-order valence-corrected chi connectivity index (χ4v) is 1.78. The summed E-state index contributed by atoms with van der Waals surface area (Å²) in [4.78, 5) is 2.12. The number of halogens is 2. The van der Waals surface area contributed by atoms with Crippen molar-refractivity contribution in [3.8, 4) is 0 Å². The van der Waals surface area contributed by atoms with Crippen LogP contribution in [0.5, 0.6) is 0 Å². The molecule has 0 saturated carbocycles. The van der Waals surface area contributed by atoms with Gasteiger partial charge in [-0.05, 0) is 19.4 Å². The van der Waals surface area contributed by atoms with Crippen LogP contribution in [0.15, 0.2) is 12.1 Å². The average molecular weight is 245 g/mol. The topological polar surface area (TPSA) is 29.3 Å². The zero-order valence-corrected chi connectivity index (χ0v) is 10.5. The van der Waals surface area contributed by atoms with E-state index in [1.165, 1.54) is 6.07 Å². The molecule has 1 aromatic carbocycles. The van der Waals surface area contributed by atoms with Crippen LogP contribution >= 0.6 is 11.6 Å². The van der Waals surface area contributed by atoms with Gasteiger partial charge in [0.25, 0.3) is 0 Å². The molecule has 2 nitrogen and oxygen atoms in total. The molecule has 0 aliphatic heterocycles. The Bertz CT molecular complexity index is 355. The number of nitrogens with two attached hydrogens (primary N) is 1. The van der Waals surface area contributed by atoms with Crippen LogP contribution in [0, 0.1) is 5.82 Å². The lowest BCUT2D eigenvalue weighted by molar-refractivity contribution is 0.628. The van der Waals surface area contributed by atoms with Gasteiger partial charge in [-0.3, -0.25) is 0 Å². The first kappa shape index (κ1) is 13.1. The zero-order valence-electron chi connectivity index (χ0n) is 9.76. The SMILES string of the molecule is CCCCN(CC)c1cc(Cl)c(F)cc1N. The minimum absolute atomic E-state index is 0.124. The number of anilines is 2. The van der Waals surface area contributed by atoms with Crippen LogP contribution in [0.2, 0.25) is 5.02 Å². The normalized spacial score (nSPS) is 10.5. The molecule has 0 amide bonds. The highest BCUT2D eigenvalue weighted by atomic mass is 35.5. The number of rotatable bonds is 5. The van der Waals surface area contributed by atoms with Gasteiger partial charge in [0, 0.05) is 19.2 Å². The molecule has 0 atom stereocenters. The fourth-order valence-electron chi connectivity index (χ4n) is 1.62. The standard InChI is InChI=1S/C12H18ClFN2/c1-3-5-6-16(4-2)12-7-9(13)10(14)8-11(12)15/h7-8H,3-6,15H2,1-2H3. The van der Waals surface area contributed by atoms with E-state index >= 15 is 0 Å². The molecule has 0 aliphatic rings. The van der Waals surface area contributed by atoms with Crippen LogP contribution in [0.25, 0.3) is 0 Å². The maximum Gasteiger partial charge on any atom is 0.143 e. The number of hydrogen-bond acceptors (Lipinski definition) is 2. The summed E-state index contributed by atoms with van der Waals surface area (Å²) < 4.78 is 13.1. The highest BCUT2D eigenvalue weighted by molar-refractivity contribution is 6.31. The van der Waals surface area contributed by atoms with Gasteiger partial charge in [0.1, 0.15) is 5.82 Å². The van der Waals surface area contributed by atoms with Gasteiger partial charge in [0.05, 0.1) is 16.4 Å². The lowest BCUT2D eigenvalue weighted by atomic mass is 10.2. The van der Waals surface area contributed by atoms with Gasteiger partial charge in [0.15, 0.2) is 0 Å². The Morgan fingerprint density at radius 3 is 2.62 bits per heavy atom. The second-order valence-corrected chi connectivity index (χ2v) is 4.17. The highest BCUT2D eigenvalue weighted by Gasteiger charge is 2.11. The van der Waals surface area contributed by atoms with Crippen molar-refractivity contribution in [3.05, 3.63) is 23.0 Å². The van der Waals surface area contributed by atoms with E-state index in [-0.39, 0.29) is 5.02 Å². The summed E-state index contributed by atoms with van der Waals surface area (Å²) in [6.45, 7) is 5.94. The van der Waals surface area contributed by atoms with Crippen LogP contribution in [0.1, 0.15) is 26.7 Å². The predicted octanol–water partition coefficient (Wildman–Crippen LogP) is 3.69. The minimum atomic E-state index is -0.463. The van der Waals surface area contributed by atoms with E-state index in [9.17, 15) is 4.39 Å². The van der Waals surface area contributed by atoms with E-state index < -0.39 is 5.82 Å². The second-order valence-electron chi connectivity index (χ2n) is 3.76. The van der Waals surface area contributed by atoms with Gasteiger partial charge in [-0.1, -0.05) is 24.9 Å². The van der Waals surface area contributed by atoms with Gasteiger partial charge < -0.3 is 10.6 Å². The first-order valence-electron chi connectivity index (χ1n) is 5.59. The first-order chi connectivity index (χ1) is 7.60. The molecule has 4 heteroatoms. The molecule has 0 aromatic heterocycles. The molecule has 16 heavy (non-hydrogen) atoms. The van der Waals surface area contributed by atoms with Crippen molar-refractivity contribution in [1.82, 2.24) is 0 Å². The Morgan fingerprint density at radius 2 is 2.06 bits per heavy atom. The van der Waals surface area contributed by atoms with Crippen molar-refractivity contribution in [2.45, 2.75) is 26.7 Å². The van der Waals surface area contributed by atoms with E-state index in [2.05, 4.69) is 11.8 Å². The van der Waals surface area contributed by atoms with Crippen LogP contribution in [-0.4, -0.2) is 13.1 Å². The summed E-state index contributed by atoms with van der Waals surface area (Å²) in [5.74, 6) is -0.463. The van der Waals surface area contributed by atoms with Crippen LogP contribution in [0.4, 0.5) is 15.8 Å². The summed E-state index contributed by atoms with van der Waals surface area (Å²) >= 11 is 5.76. The number of benzene rings is 1. The zero-order chi connectivity index (χ0) is 12.1. The molecular weight excluding hydrogens is 227 g/mol. The Balaban J connectivity index is 2.95. The lowest BCUT2D eigenvalue weighted by Crippen LogP contribution is -2.24. The molecule has 90 valence electrons. The van der Waals surface area contributed by atoms with Crippen molar-refractivity contribution >= 4 is 23.0 Å². The van der Waals surface area contributed by atoms with Crippen LogP contribution < -0.4 is 10.6 Å². The van der Waals surface area contributed by atoms with E-state index in [1.54, 1.807) is 6.07 Å². The maximum atomic E-state index is 13.1. The summed E-state index contributed by atoms with van der Waals surface area (Å²) in [6.07, 6.45) is 2.20. The van der Waals surface area contributed by atoms with Gasteiger partial charge in [0.2, 0.25) is 0 Å². The number of nitrogens with zero attached hydrogens (tertiary/aromatic N) is 1. The van der Waals surface area contributed by atoms with Gasteiger partial charge in [-0.2, -0.15) is 0 Å². The van der Waals surface area contributed by atoms with Crippen molar-refractivity contribution in [3.63, 3.8) is 0 Å². The Kier molecular flexibility index (Phi) is 4.87. The quantitative estimate of drug-likeness (QED) is 0.801. The van der Waals surface area contributed by atoms with Crippen LogP contribution in [-0.2, 0) is 0 Å². The van der Waals surface area contributed by atoms with E-state index in [0.717, 1.165) is 31.6 Å². The number of unbranched alkanes of at least 4 members (excludes halogenated alkanes) is 1. The van der Waals surface area contributed by atoms with E-state index in [1.807, 2.05) is 6.92 Å². The molecule has 0 radical (unpaired) electrons. The van der Waals surface area contributed by atoms with Gasteiger partial charge in [-0.25, -0.2) is 4.39 Å². The number of nitrogen functional groups attached to an aromatic ring is 1. The molecule has 1 aromatic rings. The smallest absolute Gasteiger partial charge is 0.143 e. The fraction of sp³-hybridized carbons (Fsp3) is 0.500. The van der Waals surface area contributed by atoms with E-state index in [4.69, 9.17) is 17.3 Å². The molecule has 0 aliphatic carbocycles. The average Bonchev–Trinajstić information content (AvgIpc) is 2.26. The summed E-state index contributed by atoms with van der Waals surface area (Å²) in [5.41, 5.74) is 7.06. The summed E-state index contributed by atoms with van der Waals surface area (Å²) in [7, 11) is 0. The number of hydrogen-bond donors (Lipinski definition) is 1. The Labute approximate surface area is 101 Å². The van der Waals surface area contributed by atoms with Crippen molar-refractivity contribution in [2.75, 3.05) is 23.7 Å². The van der Waals surface area contributed by atoms with Gasteiger partial charge in [-0.15, -0.1) is 0 Å². The molecule has 0 saturated heterocycles. The molecule has 0 bridgehead atoms. The molecular formula is C12H18ClFN2.